The van der Waals surface area contributed by atoms with Crippen molar-refractivity contribution in [1.82, 2.24) is 0 Å². The summed E-state index contributed by atoms with van der Waals surface area (Å²) in [4.78, 5) is 38.0. The van der Waals surface area contributed by atoms with Crippen molar-refractivity contribution in [3.63, 3.8) is 0 Å². The molecule has 6 nitrogen and oxygen atoms in total. The summed E-state index contributed by atoms with van der Waals surface area (Å²) in [6.45, 7) is 6.59. The second-order valence-electron chi connectivity index (χ2n) is 18.1. The molecule has 6 heteroatoms. The zero-order valence-corrected chi connectivity index (χ0v) is 41.4. The fraction of sp³-hybridized carbons (Fsp3) is 0.839. The van der Waals surface area contributed by atoms with Crippen molar-refractivity contribution in [2.45, 2.75) is 290 Å². The highest BCUT2D eigenvalue weighted by Crippen LogP contribution is 2.16. The molecular weight excluding hydrogens is 769 g/mol. The minimum absolute atomic E-state index is 0.0740. The number of unbranched alkanes of at least 4 members (excludes halogenated alkanes) is 32. The number of rotatable bonds is 49. The highest BCUT2D eigenvalue weighted by molar-refractivity contribution is 5.71. The Bertz CT molecular complexity index is 1050. The lowest BCUT2D eigenvalue weighted by atomic mass is 10.0. The molecule has 0 heterocycles. The molecule has 0 saturated carbocycles. The summed E-state index contributed by atoms with van der Waals surface area (Å²) >= 11 is 0. The number of hydrogen-bond acceptors (Lipinski definition) is 6. The van der Waals surface area contributed by atoms with E-state index in [1.54, 1.807) is 0 Å². The summed E-state index contributed by atoms with van der Waals surface area (Å²) in [6.07, 6.45) is 59.8. The van der Waals surface area contributed by atoms with Gasteiger partial charge in [0.2, 0.25) is 0 Å². The molecule has 0 aliphatic rings. The smallest absolute Gasteiger partial charge is 0.306 e. The van der Waals surface area contributed by atoms with Crippen LogP contribution in [0.25, 0.3) is 0 Å². The van der Waals surface area contributed by atoms with Crippen LogP contribution in [0, 0.1) is 0 Å². The topological polar surface area (TPSA) is 78.9 Å². The third-order valence-electron chi connectivity index (χ3n) is 11.9. The van der Waals surface area contributed by atoms with Gasteiger partial charge in [-0.1, -0.05) is 231 Å². The maximum Gasteiger partial charge on any atom is 0.306 e. The van der Waals surface area contributed by atoms with Gasteiger partial charge in [0.25, 0.3) is 0 Å². The first-order valence-electron chi connectivity index (χ1n) is 27.0. The van der Waals surface area contributed by atoms with Crippen molar-refractivity contribution in [1.29, 1.82) is 0 Å². The van der Waals surface area contributed by atoms with Crippen molar-refractivity contribution in [2.24, 2.45) is 0 Å². The zero-order valence-electron chi connectivity index (χ0n) is 41.4. The minimum atomic E-state index is -0.772. The van der Waals surface area contributed by atoms with Gasteiger partial charge in [0, 0.05) is 19.3 Å². The van der Waals surface area contributed by atoms with E-state index in [9.17, 15) is 14.4 Å². The van der Waals surface area contributed by atoms with Gasteiger partial charge in [0.15, 0.2) is 6.10 Å². The summed E-state index contributed by atoms with van der Waals surface area (Å²) in [5.74, 6) is -0.875. The van der Waals surface area contributed by atoms with Crippen LogP contribution in [0.3, 0.4) is 0 Å². The molecule has 0 radical (unpaired) electrons. The largest absolute Gasteiger partial charge is 0.462 e. The number of ether oxygens (including phenoxy) is 3. The Morgan fingerprint density at radius 1 is 0.323 bits per heavy atom. The maximum absolute atomic E-state index is 12.8. The summed E-state index contributed by atoms with van der Waals surface area (Å²) < 4.78 is 16.8. The van der Waals surface area contributed by atoms with Gasteiger partial charge in [-0.25, -0.2) is 0 Å². The van der Waals surface area contributed by atoms with Crippen LogP contribution in [0.2, 0.25) is 0 Å². The Balaban J connectivity index is 4.31. The van der Waals surface area contributed by atoms with Crippen molar-refractivity contribution in [2.75, 3.05) is 13.2 Å². The molecule has 0 aromatic heterocycles. The van der Waals surface area contributed by atoms with E-state index < -0.39 is 6.10 Å². The average Bonchev–Trinajstić information content (AvgIpc) is 3.27. The number of esters is 3. The molecule has 62 heavy (non-hydrogen) atoms. The molecule has 0 aliphatic carbocycles. The van der Waals surface area contributed by atoms with Gasteiger partial charge in [-0.3, -0.25) is 14.4 Å². The molecule has 0 N–H and O–H groups in total. The van der Waals surface area contributed by atoms with Crippen LogP contribution < -0.4 is 0 Å². The maximum atomic E-state index is 12.8. The van der Waals surface area contributed by atoms with E-state index in [0.717, 1.165) is 70.6 Å². The predicted molar refractivity (Wildman–Crippen MR) is 266 cm³/mol. The van der Waals surface area contributed by atoms with E-state index in [2.05, 4.69) is 57.2 Å². The zero-order chi connectivity index (χ0) is 45.1. The van der Waals surface area contributed by atoms with Gasteiger partial charge in [0.1, 0.15) is 13.2 Å². The van der Waals surface area contributed by atoms with Crippen molar-refractivity contribution < 1.29 is 28.6 Å². The van der Waals surface area contributed by atoms with E-state index in [-0.39, 0.29) is 31.1 Å². The number of carbonyl (C=O) groups excluding carboxylic acids is 3. The first-order valence-corrected chi connectivity index (χ1v) is 27.0. The van der Waals surface area contributed by atoms with Crippen LogP contribution >= 0.6 is 0 Å². The number of allylic oxidation sites excluding steroid dienone is 6. The number of carbonyl (C=O) groups is 3. The first-order chi connectivity index (χ1) is 30.5. The Morgan fingerprint density at radius 2 is 0.597 bits per heavy atom. The molecular formula is C56H102O6. The fourth-order valence-electron chi connectivity index (χ4n) is 7.75. The third-order valence-corrected chi connectivity index (χ3v) is 11.9. The SMILES string of the molecule is CCCC/C=C\CCCCCCCC(=O)OCC(COC(=O)CCCCCCCCCCC/C=C\C/C=C\CCCCC)OC(=O)CCCCCCCCCCCCCCCC. The molecule has 1 atom stereocenters. The molecule has 0 saturated heterocycles. The van der Waals surface area contributed by atoms with Crippen molar-refractivity contribution >= 4 is 17.9 Å². The van der Waals surface area contributed by atoms with Crippen LogP contribution in [-0.2, 0) is 28.6 Å². The number of hydrogen-bond donors (Lipinski definition) is 0. The minimum Gasteiger partial charge on any atom is -0.462 e. The molecule has 0 aromatic rings. The quantitative estimate of drug-likeness (QED) is 0.0262. The summed E-state index contributed by atoms with van der Waals surface area (Å²) in [7, 11) is 0. The van der Waals surface area contributed by atoms with Gasteiger partial charge >= 0.3 is 17.9 Å². The van der Waals surface area contributed by atoms with Gasteiger partial charge < -0.3 is 14.2 Å². The molecule has 0 spiro atoms. The monoisotopic (exact) mass is 871 g/mol. The van der Waals surface area contributed by atoms with Crippen LogP contribution in [0.5, 0.6) is 0 Å². The van der Waals surface area contributed by atoms with Gasteiger partial charge in [0.05, 0.1) is 0 Å². The molecule has 0 aromatic carbocycles. The highest BCUT2D eigenvalue weighted by atomic mass is 16.6. The molecule has 0 aliphatic heterocycles. The highest BCUT2D eigenvalue weighted by Gasteiger charge is 2.19. The van der Waals surface area contributed by atoms with Crippen molar-refractivity contribution in [3.8, 4) is 0 Å². The standard InChI is InChI=1S/C56H102O6/c1-4-7-10-13-16-19-22-24-26-27-28-29-30-32-34-37-40-43-46-49-55(58)61-52-53(51-60-54(57)48-45-42-39-36-33-21-18-15-12-9-6-3)62-56(59)50-47-44-41-38-35-31-25-23-20-17-14-11-8-5-2/h15-16,18-19,24,26,53H,4-14,17,20-23,25,27-52H2,1-3H3/b18-15-,19-16-,26-24-. The molecule has 0 rings (SSSR count). The molecule has 0 amide bonds. The lowest BCUT2D eigenvalue weighted by molar-refractivity contribution is -0.167. The van der Waals surface area contributed by atoms with Crippen LogP contribution in [0.4, 0.5) is 0 Å². The van der Waals surface area contributed by atoms with Gasteiger partial charge in [-0.15, -0.1) is 0 Å². The predicted octanol–water partition coefficient (Wildman–Crippen LogP) is 17.7. The van der Waals surface area contributed by atoms with E-state index in [0.29, 0.717) is 19.3 Å². The van der Waals surface area contributed by atoms with Crippen LogP contribution in [-0.4, -0.2) is 37.2 Å². The van der Waals surface area contributed by atoms with E-state index >= 15 is 0 Å². The Hall–Kier alpha value is -2.37. The Labute approximate surface area is 385 Å². The molecule has 0 fully saturated rings. The summed E-state index contributed by atoms with van der Waals surface area (Å²) in [6, 6.07) is 0. The first kappa shape index (κ1) is 59.6. The van der Waals surface area contributed by atoms with E-state index in [1.807, 2.05) is 0 Å². The summed E-state index contributed by atoms with van der Waals surface area (Å²) in [5.41, 5.74) is 0. The average molecular weight is 871 g/mol. The van der Waals surface area contributed by atoms with E-state index in [1.165, 1.54) is 173 Å². The summed E-state index contributed by atoms with van der Waals surface area (Å²) in [5, 5.41) is 0. The molecule has 1 unspecified atom stereocenters. The second kappa shape index (κ2) is 51.3. The second-order valence-corrected chi connectivity index (χ2v) is 18.1. The normalized spacial score (nSPS) is 12.2. The van der Waals surface area contributed by atoms with E-state index in [4.69, 9.17) is 14.2 Å². The third kappa shape index (κ3) is 48.7. The Morgan fingerprint density at radius 3 is 0.984 bits per heavy atom. The lowest BCUT2D eigenvalue weighted by Gasteiger charge is -2.18. The van der Waals surface area contributed by atoms with Crippen molar-refractivity contribution in [3.05, 3.63) is 36.5 Å². The van der Waals surface area contributed by atoms with Crippen LogP contribution in [0.15, 0.2) is 36.5 Å². The van der Waals surface area contributed by atoms with Gasteiger partial charge in [-0.2, -0.15) is 0 Å². The molecule has 0 bridgehead atoms. The van der Waals surface area contributed by atoms with Gasteiger partial charge in [-0.05, 0) is 70.6 Å². The lowest BCUT2D eigenvalue weighted by Crippen LogP contribution is -2.30. The fourth-order valence-corrected chi connectivity index (χ4v) is 7.75. The molecule has 362 valence electrons. The Kier molecular flexibility index (Phi) is 49.3. The van der Waals surface area contributed by atoms with Crippen LogP contribution in [0.1, 0.15) is 284 Å².